The Bertz CT molecular complexity index is 493. The summed E-state index contributed by atoms with van der Waals surface area (Å²) in [5, 5.41) is 3.58. The Balaban J connectivity index is 1.73. The van der Waals surface area contributed by atoms with Crippen molar-refractivity contribution in [3.63, 3.8) is 0 Å². The van der Waals surface area contributed by atoms with Crippen molar-refractivity contribution in [3.05, 3.63) is 65.7 Å². The van der Waals surface area contributed by atoms with Crippen molar-refractivity contribution in [2.45, 2.75) is 25.8 Å². The predicted molar refractivity (Wildman–Crippen MR) is 84.3 cm³/mol. The summed E-state index contributed by atoms with van der Waals surface area (Å²) in [6.07, 6.45) is 2.12. The lowest BCUT2D eigenvalue weighted by molar-refractivity contribution is 0.414. The van der Waals surface area contributed by atoms with E-state index in [-0.39, 0.29) is 0 Å². The predicted octanol–water partition coefficient (Wildman–Crippen LogP) is 3.46. The molecule has 0 bridgehead atoms. The van der Waals surface area contributed by atoms with Gasteiger partial charge >= 0.3 is 0 Å². The molecule has 0 fully saturated rings. The van der Waals surface area contributed by atoms with E-state index in [1.165, 1.54) is 11.1 Å². The van der Waals surface area contributed by atoms with Gasteiger partial charge in [0, 0.05) is 6.04 Å². The standard InChI is InChI=1S/C18H23NO/c1-15(14-17-8-10-18(20-2)11-9-17)19-13-12-16-6-4-3-5-7-16/h3-11,15,19H,12-14H2,1-2H3/t15-/m0/s1. The van der Waals surface area contributed by atoms with Crippen molar-refractivity contribution in [2.75, 3.05) is 13.7 Å². The van der Waals surface area contributed by atoms with Crippen LogP contribution in [0.15, 0.2) is 54.6 Å². The van der Waals surface area contributed by atoms with Crippen LogP contribution < -0.4 is 10.1 Å². The topological polar surface area (TPSA) is 21.3 Å². The van der Waals surface area contributed by atoms with Crippen LogP contribution in [0.3, 0.4) is 0 Å². The van der Waals surface area contributed by atoms with Crippen molar-refractivity contribution >= 4 is 0 Å². The molecule has 1 atom stereocenters. The summed E-state index contributed by atoms with van der Waals surface area (Å²) < 4.78 is 5.17. The van der Waals surface area contributed by atoms with E-state index in [2.05, 4.69) is 54.7 Å². The van der Waals surface area contributed by atoms with Gasteiger partial charge in [0.25, 0.3) is 0 Å². The zero-order valence-corrected chi connectivity index (χ0v) is 12.3. The molecule has 0 amide bonds. The molecule has 0 spiro atoms. The zero-order valence-electron chi connectivity index (χ0n) is 12.3. The highest BCUT2D eigenvalue weighted by atomic mass is 16.5. The van der Waals surface area contributed by atoms with E-state index in [0.29, 0.717) is 6.04 Å². The molecule has 0 aliphatic rings. The first-order valence-electron chi connectivity index (χ1n) is 7.18. The lowest BCUT2D eigenvalue weighted by atomic mass is 10.1. The van der Waals surface area contributed by atoms with Crippen molar-refractivity contribution in [1.29, 1.82) is 0 Å². The van der Waals surface area contributed by atoms with Crippen molar-refractivity contribution < 1.29 is 4.74 Å². The van der Waals surface area contributed by atoms with Gasteiger partial charge in [-0.05, 0) is 49.6 Å². The van der Waals surface area contributed by atoms with E-state index in [9.17, 15) is 0 Å². The maximum atomic E-state index is 5.17. The average molecular weight is 269 g/mol. The van der Waals surface area contributed by atoms with Gasteiger partial charge in [0.15, 0.2) is 0 Å². The van der Waals surface area contributed by atoms with Gasteiger partial charge in [-0.2, -0.15) is 0 Å². The Morgan fingerprint density at radius 1 is 0.950 bits per heavy atom. The molecule has 2 heteroatoms. The molecule has 0 aliphatic heterocycles. The smallest absolute Gasteiger partial charge is 0.118 e. The molecule has 0 saturated heterocycles. The van der Waals surface area contributed by atoms with Crippen LogP contribution in [-0.4, -0.2) is 19.7 Å². The van der Waals surface area contributed by atoms with Crippen LogP contribution in [-0.2, 0) is 12.8 Å². The maximum absolute atomic E-state index is 5.17. The number of nitrogens with one attached hydrogen (secondary N) is 1. The second-order valence-electron chi connectivity index (χ2n) is 5.14. The Kier molecular flexibility index (Phi) is 5.63. The van der Waals surface area contributed by atoms with Crippen LogP contribution in [0.25, 0.3) is 0 Å². The molecule has 0 aromatic heterocycles. The molecule has 0 saturated carbocycles. The second-order valence-corrected chi connectivity index (χ2v) is 5.14. The maximum Gasteiger partial charge on any atom is 0.118 e. The van der Waals surface area contributed by atoms with Gasteiger partial charge in [0.1, 0.15) is 5.75 Å². The minimum Gasteiger partial charge on any atom is -0.497 e. The molecule has 0 radical (unpaired) electrons. The normalized spacial score (nSPS) is 12.1. The van der Waals surface area contributed by atoms with Crippen molar-refractivity contribution in [2.24, 2.45) is 0 Å². The molecule has 0 aliphatic carbocycles. The quantitative estimate of drug-likeness (QED) is 0.831. The summed E-state index contributed by atoms with van der Waals surface area (Å²) in [5.74, 6) is 0.915. The van der Waals surface area contributed by atoms with Crippen LogP contribution >= 0.6 is 0 Å². The number of hydrogen-bond donors (Lipinski definition) is 1. The van der Waals surface area contributed by atoms with E-state index >= 15 is 0 Å². The lowest BCUT2D eigenvalue weighted by Gasteiger charge is -2.14. The minimum atomic E-state index is 0.479. The first kappa shape index (κ1) is 14.6. The Morgan fingerprint density at radius 3 is 2.30 bits per heavy atom. The van der Waals surface area contributed by atoms with Crippen LogP contribution in [0, 0.1) is 0 Å². The molecule has 2 aromatic rings. The molecule has 106 valence electrons. The van der Waals surface area contributed by atoms with Crippen molar-refractivity contribution in [3.8, 4) is 5.75 Å². The molecule has 2 aromatic carbocycles. The summed E-state index contributed by atoms with van der Waals surface area (Å²) >= 11 is 0. The van der Waals surface area contributed by atoms with Gasteiger partial charge in [0.2, 0.25) is 0 Å². The van der Waals surface area contributed by atoms with Gasteiger partial charge < -0.3 is 10.1 Å². The third kappa shape index (κ3) is 4.71. The second kappa shape index (κ2) is 7.71. The minimum absolute atomic E-state index is 0.479. The van der Waals surface area contributed by atoms with Crippen LogP contribution in [0.2, 0.25) is 0 Å². The Hall–Kier alpha value is -1.80. The molecule has 0 heterocycles. The van der Waals surface area contributed by atoms with Crippen LogP contribution in [0.1, 0.15) is 18.1 Å². The molecule has 2 nitrogen and oxygen atoms in total. The molecule has 0 unspecified atom stereocenters. The Morgan fingerprint density at radius 2 is 1.65 bits per heavy atom. The number of methoxy groups -OCH3 is 1. The highest BCUT2D eigenvalue weighted by Crippen LogP contribution is 2.12. The molecule has 20 heavy (non-hydrogen) atoms. The first-order valence-corrected chi connectivity index (χ1v) is 7.18. The van der Waals surface area contributed by atoms with Gasteiger partial charge in [-0.15, -0.1) is 0 Å². The summed E-state index contributed by atoms with van der Waals surface area (Å²) in [5.41, 5.74) is 2.72. The third-order valence-corrected chi connectivity index (χ3v) is 3.45. The van der Waals surface area contributed by atoms with Gasteiger partial charge in [-0.3, -0.25) is 0 Å². The fraction of sp³-hybridized carbons (Fsp3) is 0.333. The average Bonchev–Trinajstić information content (AvgIpc) is 2.49. The third-order valence-electron chi connectivity index (χ3n) is 3.45. The highest BCUT2D eigenvalue weighted by molar-refractivity contribution is 5.27. The fourth-order valence-electron chi connectivity index (χ4n) is 2.29. The summed E-state index contributed by atoms with van der Waals surface area (Å²) in [4.78, 5) is 0. The van der Waals surface area contributed by atoms with E-state index in [1.807, 2.05) is 12.1 Å². The lowest BCUT2D eigenvalue weighted by Crippen LogP contribution is -2.29. The SMILES string of the molecule is COc1ccc(C[C@H](C)NCCc2ccccc2)cc1. The highest BCUT2D eigenvalue weighted by Gasteiger charge is 2.03. The number of benzene rings is 2. The van der Waals surface area contributed by atoms with Gasteiger partial charge in [-0.1, -0.05) is 42.5 Å². The summed E-state index contributed by atoms with van der Waals surface area (Å²) in [6.45, 7) is 3.25. The zero-order chi connectivity index (χ0) is 14.2. The van der Waals surface area contributed by atoms with Crippen LogP contribution in [0.4, 0.5) is 0 Å². The molecular weight excluding hydrogens is 246 g/mol. The number of hydrogen-bond acceptors (Lipinski definition) is 2. The van der Waals surface area contributed by atoms with E-state index in [4.69, 9.17) is 4.74 Å². The van der Waals surface area contributed by atoms with Crippen molar-refractivity contribution in [1.82, 2.24) is 5.32 Å². The Labute approximate surface area is 121 Å². The van der Waals surface area contributed by atoms with E-state index in [1.54, 1.807) is 7.11 Å². The summed E-state index contributed by atoms with van der Waals surface area (Å²) in [7, 11) is 1.70. The van der Waals surface area contributed by atoms with E-state index < -0.39 is 0 Å². The molecule has 1 N–H and O–H groups in total. The molecular formula is C18H23NO. The monoisotopic (exact) mass is 269 g/mol. The van der Waals surface area contributed by atoms with Crippen LogP contribution in [0.5, 0.6) is 5.75 Å². The van der Waals surface area contributed by atoms with Gasteiger partial charge in [0.05, 0.1) is 7.11 Å². The number of rotatable bonds is 7. The first-order chi connectivity index (χ1) is 9.78. The van der Waals surface area contributed by atoms with Gasteiger partial charge in [-0.25, -0.2) is 0 Å². The molecule has 2 rings (SSSR count). The van der Waals surface area contributed by atoms with E-state index in [0.717, 1.165) is 25.1 Å². The number of ether oxygens (including phenoxy) is 1. The summed E-state index contributed by atoms with van der Waals surface area (Å²) in [6, 6.07) is 19.4. The largest absolute Gasteiger partial charge is 0.497 e. The fourth-order valence-corrected chi connectivity index (χ4v) is 2.29.